The van der Waals surface area contributed by atoms with Crippen molar-refractivity contribution in [1.82, 2.24) is 67.1 Å². The van der Waals surface area contributed by atoms with E-state index in [4.69, 9.17) is 15.6 Å². The molecular formula is C71H98N14O19S2. The number of nitrogens with two attached hydrogens (primary N) is 1. The lowest BCUT2D eigenvalue weighted by atomic mass is 9.97. The van der Waals surface area contributed by atoms with Crippen LogP contribution in [0, 0.1) is 0 Å². The van der Waals surface area contributed by atoms with Gasteiger partial charge in [0.25, 0.3) is 5.97 Å². The predicted molar refractivity (Wildman–Crippen MR) is 395 cm³/mol. The highest BCUT2D eigenvalue weighted by molar-refractivity contribution is 8.76. The predicted octanol–water partition coefficient (Wildman–Crippen LogP) is -1.93. The van der Waals surface area contributed by atoms with E-state index in [9.17, 15) is 64.2 Å². The zero-order valence-electron chi connectivity index (χ0n) is 59.4. The minimum atomic E-state index is -1.76. The topological polar surface area (TPSA) is 497 Å². The van der Waals surface area contributed by atoms with Crippen LogP contribution in [0.4, 0.5) is 0 Å². The number of hydrogen-bond donors (Lipinski definition) is 17. The number of hydrogen-bond acceptors (Lipinski definition) is 22. The molecule has 3 heterocycles. The number of fused-ring (bicyclic) bond motifs is 2. The van der Waals surface area contributed by atoms with Crippen molar-refractivity contribution in [3.63, 3.8) is 0 Å². The normalized spacial score (nSPS) is 21.2. The number of aromatic nitrogens is 1. The molecule has 2 fully saturated rings. The second-order valence-electron chi connectivity index (χ2n) is 25.9. The van der Waals surface area contributed by atoms with Crippen molar-refractivity contribution in [2.24, 2.45) is 5.73 Å². The molecule has 0 bridgehead atoms. The molecule has 2 saturated heterocycles. The number of carbonyl (C=O) groups excluding carboxylic acids is 8. The highest BCUT2D eigenvalue weighted by Gasteiger charge is 2.38. The smallest absolute Gasteiger partial charge is 0.317 e. The number of rotatable bonds is 26. The molecule has 0 saturated carbocycles. The van der Waals surface area contributed by atoms with Gasteiger partial charge in [-0.15, -0.1) is 0 Å². The maximum absolute atomic E-state index is 15.5. The van der Waals surface area contributed by atoms with Crippen molar-refractivity contribution in [2.75, 3.05) is 103 Å². The van der Waals surface area contributed by atoms with Gasteiger partial charge in [-0.1, -0.05) is 113 Å². The van der Waals surface area contributed by atoms with E-state index < -0.39 is 158 Å². The van der Waals surface area contributed by atoms with Crippen LogP contribution in [0.15, 0.2) is 103 Å². The van der Waals surface area contributed by atoms with E-state index >= 15 is 19.2 Å². The molecule has 35 heteroatoms. The Morgan fingerprint density at radius 3 is 1.62 bits per heavy atom. The van der Waals surface area contributed by atoms with Gasteiger partial charge in [-0.2, -0.15) is 0 Å². The zero-order chi connectivity index (χ0) is 77.4. The monoisotopic (exact) mass is 1510 g/mol. The third-order valence-electron chi connectivity index (χ3n) is 17.5. The van der Waals surface area contributed by atoms with Crippen molar-refractivity contribution < 1.29 is 93.3 Å². The van der Waals surface area contributed by atoms with E-state index in [1.54, 1.807) is 80.4 Å². The Morgan fingerprint density at radius 2 is 1.07 bits per heavy atom. The first-order chi connectivity index (χ1) is 50.6. The Bertz CT molecular complexity index is 3740. The summed E-state index contributed by atoms with van der Waals surface area (Å²) in [6.07, 6.45) is -1.11. The minimum absolute atomic E-state index is 0.0399. The molecule has 18 N–H and O–H groups in total. The molecule has 33 nitrogen and oxygen atoms in total. The van der Waals surface area contributed by atoms with Gasteiger partial charge in [-0.05, 0) is 73.2 Å². The number of nitrogens with one attached hydrogen (secondary N) is 9. The summed E-state index contributed by atoms with van der Waals surface area (Å²) in [4.78, 5) is 174. The highest BCUT2D eigenvalue weighted by Crippen LogP contribution is 2.26. The van der Waals surface area contributed by atoms with Crippen LogP contribution in [0.25, 0.3) is 21.7 Å². The van der Waals surface area contributed by atoms with E-state index in [1.807, 2.05) is 42.5 Å². The molecule has 10 atom stereocenters. The van der Waals surface area contributed by atoms with Crippen LogP contribution in [0.2, 0.25) is 0 Å². The number of unbranched alkanes of at least 4 members (excludes halogenated alkanes) is 1. The van der Waals surface area contributed by atoms with E-state index in [2.05, 4.69) is 47.5 Å². The van der Waals surface area contributed by atoms with E-state index in [-0.39, 0.29) is 109 Å². The van der Waals surface area contributed by atoms with Crippen molar-refractivity contribution >= 4 is 114 Å². The average Bonchev–Trinajstić information content (AvgIpc) is 1.48. The molecule has 2 unspecified atom stereocenters. The molecule has 5 aromatic rings. The van der Waals surface area contributed by atoms with Gasteiger partial charge < -0.3 is 89.0 Å². The third kappa shape index (κ3) is 28.9. The van der Waals surface area contributed by atoms with Gasteiger partial charge in [-0.3, -0.25) is 77.1 Å². The summed E-state index contributed by atoms with van der Waals surface area (Å²) in [6, 6.07) is 16.5. The van der Waals surface area contributed by atoms with Gasteiger partial charge in [-0.25, -0.2) is 0 Å². The van der Waals surface area contributed by atoms with Crippen molar-refractivity contribution in [3.8, 4) is 0 Å². The van der Waals surface area contributed by atoms with Crippen molar-refractivity contribution in [2.45, 2.75) is 120 Å². The van der Waals surface area contributed by atoms with E-state index in [0.717, 1.165) is 39.3 Å². The minimum Gasteiger partial charge on any atom is -0.481 e. The average molecular weight is 1520 g/mol. The summed E-state index contributed by atoms with van der Waals surface area (Å²) in [5, 5.41) is 92.5. The van der Waals surface area contributed by atoms with Gasteiger partial charge in [0.05, 0.1) is 51.0 Å². The molecular weight excluding hydrogens is 1420 g/mol. The lowest BCUT2D eigenvalue weighted by molar-refractivity contribution is -0.140. The number of benzene rings is 4. The second kappa shape index (κ2) is 44.0. The number of carboxylic acids is 4. The quantitative estimate of drug-likeness (QED) is 0.0212. The van der Waals surface area contributed by atoms with Crippen LogP contribution in [0.5, 0.6) is 0 Å². The summed E-state index contributed by atoms with van der Waals surface area (Å²) in [7, 11) is 1.86. The summed E-state index contributed by atoms with van der Waals surface area (Å²) in [5.74, 6) is -12.1. The van der Waals surface area contributed by atoms with Gasteiger partial charge in [0.15, 0.2) is 0 Å². The zero-order valence-corrected chi connectivity index (χ0v) is 61.0. The van der Waals surface area contributed by atoms with Gasteiger partial charge in [0.2, 0.25) is 47.3 Å². The Balaban J connectivity index is 0.00000429. The number of nitrogens with zero attached hydrogens (tertiary/aromatic N) is 4. The summed E-state index contributed by atoms with van der Waals surface area (Å²) in [5.41, 5.74) is 8.32. The van der Waals surface area contributed by atoms with Crippen molar-refractivity contribution in [3.05, 3.63) is 120 Å². The number of aliphatic hydroxyl groups excluding tert-OH is 3. The Kier molecular flexibility index (Phi) is 35.5. The Labute approximate surface area is 620 Å². The molecule has 106 heavy (non-hydrogen) atoms. The van der Waals surface area contributed by atoms with Crippen LogP contribution in [0.3, 0.4) is 0 Å². The molecule has 0 spiro atoms. The molecule has 578 valence electrons. The van der Waals surface area contributed by atoms with E-state index in [0.29, 0.717) is 34.0 Å². The molecule has 1 aromatic heterocycles. The maximum Gasteiger partial charge on any atom is 0.317 e. The summed E-state index contributed by atoms with van der Waals surface area (Å²) >= 11 is 0. The first kappa shape index (κ1) is 85.6. The fraction of sp³-hybridized carbons (Fsp3) is 0.493. The van der Waals surface area contributed by atoms with Crippen LogP contribution in [-0.4, -0.2) is 295 Å². The van der Waals surface area contributed by atoms with Crippen LogP contribution >= 0.6 is 21.6 Å². The van der Waals surface area contributed by atoms with Gasteiger partial charge in [0.1, 0.15) is 42.3 Å². The summed E-state index contributed by atoms with van der Waals surface area (Å²) < 4.78 is 0. The fourth-order valence-electron chi connectivity index (χ4n) is 11.9. The highest BCUT2D eigenvalue weighted by atomic mass is 33.1. The number of aliphatic hydroxyl groups is 3. The number of amides is 8. The number of carbonyl (C=O) groups is 12. The largest absolute Gasteiger partial charge is 0.481 e. The van der Waals surface area contributed by atoms with Crippen LogP contribution in [-0.2, 0) is 76.8 Å². The Morgan fingerprint density at radius 1 is 0.566 bits per heavy atom. The molecule has 7 rings (SSSR count). The molecule has 0 aliphatic carbocycles. The summed E-state index contributed by atoms with van der Waals surface area (Å²) in [6.45, 7) is 2.29. The first-order valence-corrected chi connectivity index (χ1v) is 37.2. The standard InChI is InChI=1S/C69H94N14O17S2.C2H4O2/c1-42(85)55(39-84)76-68(99)57-41-102-101-40-56(77-64(95)52(31-44-13-4-3-5-14-44)72-58(87)35-80-23-25-81(36-59(88)89)27-29-83(38-61(92)93)30-28-82(26-24-80)37-60(90)91)67(98)75-53(32-46-17-12-16-45-15-6-7-18-48(45)46)66(97)74-54(33-47-34-71-50-20-9-8-19-49(47)50)65(96)73-51(21-10-11-22-70)63(94)79-62(43(2)86)69(100)78-57;1-2(3)4/h3-9,12-20,34,42-43,51-57,62,71,84-86H,10-11,21-33,35-41,70H2,1-2H3,(H,72,87)(H,73,96)(H,74,97)(H,75,98)(H,76,99)(H,77,95)(H,78,100)(H,79,94)(H,88,89)(H,90,91)(H,92,93);1H3,(H,3,4)/t42-,43-,51?,52-,53+,54-,55-,56?,57+,62+;/m1./s1. The van der Waals surface area contributed by atoms with Gasteiger partial charge >= 0.3 is 17.9 Å². The molecule has 2 aliphatic rings. The number of aromatic amines is 1. The molecule has 8 amide bonds. The maximum atomic E-state index is 15.5. The SMILES string of the molecule is CC(=O)O.C[C@@H](O)[C@@H]1NC(=O)C(CCCCN)NC(=O)[C@@H](Cc2c[nH]c3ccccc23)NC(=O)[C@H](Cc2cccc3ccccc23)NC(=O)C(NC(=O)[C@@H](Cc2ccccc2)NC(=O)CN2CCN(CC(=O)O)CCN(CC(=O)O)CCN(CC(=O)O)CC2)CSSC[C@@H](C(=O)N[C@H](CO)[C@@H](C)O)NC1=O. The van der Waals surface area contributed by atoms with Gasteiger partial charge in [0, 0.05) is 107 Å². The molecule has 0 radical (unpaired) electrons. The number of H-pyrrole nitrogens is 1. The third-order valence-corrected chi connectivity index (χ3v) is 20.0. The van der Waals surface area contributed by atoms with E-state index in [1.165, 1.54) is 13.8 Å². The molecule has 4 aromatic carbocycles. The van der Waals surface area contributed by atoms with Crippen LogP contribution in [0.1, 0.15) is 56.7 Å². The van der Waals surface area contributed by atoms with Crippen molar-refractivity contribution in [1.29, 1.82) is 0 Å². The Hall–Kier alpha value is -9.30. The fourth-order valence-corrected chi connectivity index (χ4v) is 14.2. The lowest BCUT2D eigenvalue weighted by Gasteiger charge is -2.33. The van der Waals surface area contributed by atoms with Crippen LogP contribution < -0.4 is 48.3 Å². The number of aliphatic carboxylic acids is 4. The first-order valence-electron chi connectivity index (χ1n) is 34.7. The molecule has 2 aliphatic heterocycles. The lowest BCUT2D eigenvalue weighted by Crippen LogP contribution is -2.62. The number of para-hydroxylation sites is 1. The number of carboxylic acid groups (broad SMARTS) is 4. The second-order valence-corrected chi connectivity index (χ2v) is 28.5.